The molecular formula is C15H13BrN2O3. The Morgan fingerprint density at radius 3 is 2.52 bits per heavy atom. The monoisotopic (exact) mass is 348 g/mol. The van der Waals surface area contributed by atoms with Crippen molar-refractivity contribution in [2.75, 3.05) is 12.4 Å². The number of halogens is 1. The van der Waals surface area contributed by atoms with Gasteiger partial charge in [0.15, 0.2) is 0 Å². The van der Waals surface area contributed by atoms with Crippen molar-refractivity contribution in [3.05, 3.63) is 69.2 Å². The van der Waals surface area contributed by atoms with Gasteiger partial charge in [0.2, 0.25) is 0 Å². The summed E-state index contributed by atoms with van der Waals surface area (Å²) >= 11 is 3.30. The number of rotatable bonds is 5. The molecule has 0 atom stereocenters. The summed E-state index contributed by atoms with van der Waals surface area (Å²) in [4.78, 5) is 10.6. The van der Waals surface area contributed by atoms with Crippen LogP contribution >= 0.6 is 15.9 Å². The Hall–Kier alpha value is -2.34. The molecule has 2 aromatic rings. The fourth-order valence-corrected chi connectivity index (χ4v) is 2.16. The van der Waals surface area contributed by atoms with E-state index in [0.717, 1.165) is 15.8 Å². The summed E-state index contributed by atoms with van der Waals surface area (Å²) in [5.74, 6) is 0.736. The topological polar surface area (TPSA) is 64.4 Å². The quantitative estimate of drug-likeness (QED) is 0.640. The van der Waals surface area contributed by atoms with Crippen LogP contribution in [0.25, 0.3) is 5.70 Å². The number of nitro benzene ring substituents is 1. The number of nitrogens with one attached hydrogen (secondary N) is 1. The first kappa shape index (κ1) is 15.1. The predicted molar refractivity (Wildman–Crippen MR) is 86.4 cm³/mol. The number of nitrogens with zero attached hydrogens (tertiary/aromatic N) is 1. The van der Waals surface area contributed by atoms with Crippen molar-refractivity contribution >= 4 is 33.0 Å². The lowest BCUT2D eigenvalue weighted by Crippen LogP contribution is -2.01. The molecule has 6 heteroatoms. The number of hydrogen-bond acceptors (Lipinski definition) is 4. The Kier molecular flexibility index (Phi) is 4.59. The molecule has 21 heavy (non-hydrogen) atoms. The number of benzene rings is 2. The summed E-state index contributed by atoms with van der Waals surface area (Å²) in [7, 11) is 1.59. The van der Waals surface area contributed by atoms with Crippen molar-refractivity contribution < 1.29 is 9.66 Å². The second-order valence-electron chi connectivity index (χ2n) is 4.25. The molecule has 0 unspecified atom stereocenters. The molecule has 0 aliphatic heterocycles. The molecule has 0 aliphatic rings. The SMILES string of the molecule is C=C(Nc1cc(Br)ccc1[N+](=O)[O-])c1ccc(OC)cc1. The minimum atomic E-state index is -0.434. The number of nitro groups is 1. The molecule has 2 aromatic carbocycles. The Labute approximate surface area is 130 Å². The van der Waals surface area contributed by atoms with Gasteiger partial charge >= 0.3 is 0 Å². The summed E-state index contributed by atoms with van der Waals surface area (Å²) < 4.78 is 5.84. The predicted octanol–water partition coefficient (Wildman–Crippen LogP) is 4.45. The van der Waals surface area contributed by atoms with E-state index in [1.54, 1.807) is 31.4 Å². The van der Waals surface area contributed by atoms with Crippen LogP contribution in [0.5, 0.6) is 5.75 Å². The molecule has 108 valence electrons. The maximum Gasteiger partial charge on any atom is 0.292 e. The minimum absolute atomic E-state index is 0.00661. The van der Waals surface area contributed by atoms with Gasteiger partial charge in [-0.15, -0.1) is 0 Å². The van der Waals surface area contributed by atoms with E-state index in [4.69, 9.17) is 4.74 Å². The van der Waals surface area contributed by atoms with Gasteiger partial charge in [-0.05, 0) is 42.0 Å². The molecule has 0 fully saturated rings. The first-order valence-corrected chi connectivity index (χ1v) is 6.85. The lowest BCUT2D eigenvalue weighted by molar-refractivity contribution is -0.383. The largest absolute Gasteiger partial charge is 0.497 e. The normalized spacial score (nSPS) is 10.0. The second kappa shape index (κ2) is 6.41. The van der Waals surface area contributed by atoms with Crippen LogP contribution in [-0.4, -0.2) is 12.0 Å². The summed E-state index contributed by atoms with van der Waals surface area (Å²) in [5, 5.41) is 14.0. The number of hydrogen-bond donors (Lipinski definition) is 1. The molecule has 0 bridgehead atoms. The van der Waals surface area contributed by atoms with Crippen LogP contribution in [0.15, 0.2) is 53.5 Å². The third-order valence-corrected chi connectivity index (χ3v) is 3.37. The van der Waals surface area contributed by atoms with Crippen LogP contribution in [-0.2, 0) is 0 Å². The van der Waals surface area contributed by atoms with Crippen molar-refractivity contribution in [2.45, 2.75) is 0 Å². The zero-order chi connectivity index (χ0) is 15.4. The van der Waals surface area contributed by atoms with Crippen molar-refractivity contribution in [3.63, 3.8) is 0 Å². The molecule has 0 saturated heterocycles. The highest BCUT2D eigenvalue weighted by Crippen LogP contribution is 2.30. The average Bonchev–Trinajstić information content (AvgIpc) is 2.47. The first-order chi connectivity index (χ1) is 10.0. The summed E-state index contributed by atoms with van der Waals surface area (Å²) in [6.45, 7) is 3.92. The molecule has 0 aromatic heterocycles. The van der Waals surface area contributed by atoms with Crippen LogP contribution in [0.3, 0.4) is 0 Å². The first-order valence-electron chi connectivity index (χ1n) is 6.05. The van der Waals surface area contributed by atoms with E-state index >= 15 is 0 Å². The van der Waals surface area contributed by atoms with E-state index in [9.17, 15) is 10.1 Å². The van der Waals surface area contributed by atoms with Gasteiger partial charge in [0.1, 0.15) is 11.4 Å². The highest BCUT2D eigenvalue weighted by molar-refractivity contribution is 9.10. The molecule has 0 radical (unpaired) electrons. The van der Waals surface area contributed by atoms with Crippen molar-refractivity contribution in [2.24, 2.45) is 0 Å². The maximum atomic E-state index is 11.0. The highest BCUT2D eigenvalue weighted by atomic mass is 79.9. The Bertz CT molecular complexity index is 684. The van der Waals surface area contributed by atoms with Gasteiger partial charge in [-0.1, -0.05) is 22.5 Å². The third kappa shape index (κ3) is 3.61. The molecule has 0 heterocycles. The number of anilines is 1. The molecule has 0 spiro atoms. The van der Waals surface area contributed by atoms with E-state index in [2.05, 4.69) is 27.8 Å². The second-order valence-corrected chi connectivity index (χ2v) is 5.17. The molecule has 5 nitrogen and oxygen atoms in total. The zero-order valence-corrected chi connectivity index (χ0v) is 12.9. The Morgan fingerprint density at radius 2 is 1.95 bits per heavy atom. The standard InChI is InChI=1S/C15H13BrN2O3/c1-10(11-3-6-13(21-2)7-4-11)17-14-9-12(16)5-8-15(14)18(19)20/h3-9,17H,1H2,2H3. The molecule has 0 amide bonds. The van der Waals surface area contributed by atoms with Gasteiger partial charge in [-0.3, -0.25) is 10.1 Å². The molecule has 2 rings (SSSR count). The van der Waals surface area contributed by atoms with E-state index in [-0.39, 0.29) is 5.69 Å². The van der Waals surface area contributed by atoms with Crippen molar-refractivity contribution in [3.8, 4) is 5.75 Å². The van der Waals surface area contributed by atoms with Crippen LogP contribution in [0, 0.1) is 10.1 Å². The van der Waals surface area contributed by atoms with Crippen LogP contribution < -0.4 is 10.1 Å². The summed E-state index contributed by atoms with van der Waals surface area (Å²) in [5.41, 5.74) is 1.77. The molecule has 0 saturated carbocycles. The van der Waals surface area contributed by atoms with Gasteiger partial charge < -0.3 is 10.1 Å². The Morgan fingerprint density at radius 1 is 1.29 bits per heavy atom. The van der Waals surface area contributed by atoms with E-state index in [1.807, 2.05) is 12.1 Å². The molecule has 0 aliphatic carbocycles. The fourth-order valence-electron chi connectivity index (χ4n) is 1.79. The average molecular weight is 349 g/mol. The van der Waals surface area contributed by atoms with Gasteiger partial charge in [-0.2, -0.15) is 0 Å². The fraction of sp³-hybridized carbons (Fsp3) is 0.0667. The summed E-state index contributed by atoms with van der Waals surface area (Å²) in [6, 6.07) is 12.0. The van der Waals surface area contributed by atoms with E-state index in [1.165, 1.54) is 6.07 Å². The molecular weight excluding hydrogens is 336 g/mol. The number of ether oxygens (including phenoxy) is 1. The van der Waals surface area contributed by atoms with Gasteiger partial charge in [-0.25, -0.2) is 0 Å². The van der Waals surface area contributed by atoms with Gasteiger partial charge in [0, 0.05) is 16.2 Å². The lowest BCUT2D eigenvalue weighted by atomic mass is 10.1. The smallest absolute Gasteiger partial charge is 0.292 e. The van der Waals surface area contributed by atoms with Crippen LogP contribution in [0.1, 0.15) is 5.56 Å². The van der Waals surface area contributed by atoms with Gasteiger partial charge in [0.05, 0.1) is 12.0 Å². The van der Waals surface area contributed by atoms with E-state index in [0.29, 0.717) is 11.4 Å². The zero-order valence-electron chi connectivity index (χ0n) is 11.3. The van der Waals surface area contributed by atoms with Crippen LogP contribution in [0.4, 0.5) is 11.4 Å². The van der Waals surface area contributed by atoms with Crippen LogP contribution in [0.2, 0.25) is 0 Å². The summed E-state index contributed by atoms with van der Waals surface area (Å²) in [6.07, 6.45) is 0. The third-order valence-electron chi connectivity index (χ3n) is 2.88. The van der Waals surface area contributed by atoms with E-state index < -0.39 is 4.92 Å². The highest BCUT2D eigenvalue weighted by Gasteiger charge is 2.14. The molecule has 1 N–H and O–H groups in total. The van der Waals surface area contributed by atoms with Crippen molar-refractivity contribution in [1.82, 2.24) is 0 Å². The number of methoxy groups -OCH3 is 1. The van der Waals surface area contributed by atoms with Crippen molar-refractivity contribution in [1.29, 1.82) is 0 Å². The minimum Gasteiger partial charge on any atom is -0.497 e. The Balaban J connectivity index is 2.26. The lowest BCUT2D eigenvalue weighted by Gasteiger charge is -2.11. The van der Waals surface area contributed by atoms with Gasteiger partial charge in [0.25, 0.3) is 5.69 Å². The maximum absolute atomic E-state index is 11.0.